The number of carbonyl (C=O) groups excluding carboxylic acids is 2. The molecule has 0 aliphatic carbocycles. The van der Waals surface area contributed by atoms with Crippen LogP contribution in [0, 0.1) is 0 Å². The molecular formula is C21H32N4O3. The van der Waals surface area contributed by atoms with Crippen LogP contribution in [0.25, 0.3) is 0 Å². The van der Waals surface area contributed by atoms with Crippen molar-refractivity contribution in [2.24, 2.45) is 0 Å². The Morgan fingerprint density at radius 3 is 2.68 bits per heavy atom. The molecule has 0 atom stereocenters. The second kappa shape index (κ2) is 9.89. The molecular weight excluding hydrogens is 356 g/mol. The van der Waals surface area contributed by atoms with Crippen molar-refractivity contribution in [3.05, 3.63) is 29.3 Å². The van der Waals surface area contributed by atoms with Gasteiger partial charge in [0, 0.05) is 39.8 Å². The summed E-state index contributed by atoms with van der Waals surface area (Å²) in [4.78, 5) is 30.8. The zero-order valence-electron chi connectivity index (χ0n) is 17.1. The number of methoxy groups -OCH3 is 1. The highest BCUT2D eigenvalue weighted by molar-refractivity contribution is 5.96. The topological polar surface area (TPSA) is 65.1 Å². The van der Waals surface area contributed by atoms with Crippen LogP contribution >= 0.6 is 0 Å². The summed E-state index contributed by atoms with van der Waals surface area (Å²) in [5.41, 5.74) is 1.63. The molecule has 28 heavy (non-hydrogen) atoms. The van der Waals surface area contributed by atoms with E-state index in [1.165, 1.54) is 19.3 Å². The highest BCUT2D eigenvalue weighted by Crippen LogP contribution is 2.23. The Labute approximate surface area is 167 Å². The fraction of sp³-hybridized carbons (Fsp3) is 0.619. The van der Waals surface area contributed by atoms with Crippen LogP contribution in [0.4, 0.5) is 0 Å². The molecule has 2 amide bonds. The zero-order chi connectivity index (χ0) is 19.9. The Bertz CT molecular complexity index is 688. The number of nitrogens with zero attached hydrogens (tertiary/aromatic N) is 3. The third kappa shape index (κ3) is 5.45. The van der Waals surface area contributed by atoms with Crippen LogP contribution in [0.3, 0.4) is 0 Å². The predicted octanol–water partition coefficient (Wildman–Crippen LogP) is 1.18. The third-order valence-electron chi connectivity index (χ3n) is 5.57. The number of rotatable bonds is 7. The summed E-state index contributed by atoms with van der Waals surface area (Å²) in [5.74, 6) is 0.631. The summed E-state index contributed by atoms with van der Waals surface area (Å²) in [7, 11) is 3.45. The highest BCUT2D eigenvalue weighted by atomic mass is 16.5. The number of hydrogen-bond acceptors (Lipinski definition) is 5. The lowest BCUT2D eigenvalue weighted by Crippen LogP contribution is -2.47. The maximum Gasteiger partial charge on any atom is 0.257 e. The Morgan fingerprint density at radius 1 is 1.18 bits per heavy atom. The molecule has 3 rings (SSSR count). The number of likely N-dealkylation sites (tertiary alicyclic amines) is 1. The number of amides is 2. The van der Waals surface area contributed by atoms with E-state index in [9.17, 15) is 9.59 Å². The van der Waals surface area contributed by atoms with Gasteiger partial charge >= 0.3 is 0 Å². The van der Waals surface area contributed by atoms with Gasteiger partial charge in [-0.1, -0.05) is 12.5 Å². The van der Waals surface area contributed by atoms with Crippen molar-refractivity contribution in [2.75, 3.05) is 60.0 Å². The van der Waals surface area contributed by atoms with Gasteiger partial charge in [0.2, 0.25) is 5.91 Å². The van der Waals surface area contributed by atoms with E-state index in [1.807, 2.05) is 25.2 Å². The minimum atomic E-state index is -0.0160. The van der Waals surface area contributed by atoms with E-state index >= 15 is 0 Å². The van der Waals surface area contributed by atoms with Crippen molar-refractivity contribution < 1.29 is 14.3 Å². The molecule has 7 nitrogen and oxygen atoms in total. The summed E-state index contributed by atoms with van der Waals surface area (Å²) in [6.07, 6.45) is 3.83. The Morgan fingerprint density at radius 2 is 1.96 bits per heavy atom. The second-order valence-corrected chi connectivity index (χ2v) is 7.72. The van der Waals surface area contributed by atoms with E-state index in [4.69, 9.17) is 4.74 Å². The number of nitrogens with one attached hydrogen (secondary N) is 1. The van der Waals surface area contributed by atoms with Gasteiger partial charge in [0.25, 0.3) is 5.91 Å². The van der Waals surface area contributed by atoms with Crippen LogP contribution in [0.1, 0.15) is 35.2 Å². The second-order valence-electron chi connectivity index (χ2n) is 7.72. The molecule has 2 aliphatic rings. The maximum atomic E-state index is 12.9. The molecule has 0 bridgehead atoms. The first-order valence-electron chi connectivity index (χ1n) is 10.2. The molecule has 0 saturated carbocycles. The third-order valence-corrected chi connectivity index (χ3v) is 5.57. The molecule has 2 saturated heterocycles. The van der Waals surface area contributed by atoms with Crippen molar-refractivity contribution >= 4 is 11.8 Å². The standard InChI is InChI=1S/C21H32N4O3/c1-23(12-13-24-9-4-3-5-10-24)21(27)18-7-6-17(14-19(18)28-2)15-25-11-8-22-20(26)16-25/h6-7,14H,3-5,8-13,15-16H2,1-2H3,(H,22,26). The van der Waals surface area contributed by atoms with Crippen molar-refractivity contribution in [3.63, 3.8) is 0 Å². The Kier molecular flexibility index (Phi) is 7.28. The molecule has 1 aromatic rings. The summed E-state index contributed by atoms with van der Waals surface area (Å²) in [6.45, 7) is 6.48. The SMILES string of the molecule is COc1cc(CN2CCNC(=O)C2)ccc1C(=O)N(C)CCN1CCCCC1. The first-order chi connectivity index (χ1) is 13.6. The van der Waals surface area contributed by atoms with Crippen molar-refractivity contribution in [1.29, 1.82) is 0 Å². The van der Waals surface area contributed by atoms with Crippen LogP contribution in [0.5, 0.6) is 5.75 Å². The minimum Gasteiger partial charge on any atom is -0.496 e. The van der Waals surface area contributed by atoms with Gasteiger partial charge in [-0.05, 0) is 43.6 Å². The minimum absolute atomic E-state index is 0.0160. The first kappa shape index (κ1) is 20.6. The monoisotopic (exact) mass is 388 g/mol. The van der Waals surface area contributed by atoms with E-state index in [1.54, 1.807) is 12.0 Å². The molecule has 0 aromatic heterocycles. The van der Waals surface area contributed by atoms with Crippen LogP contribution in [-0.2, 0) is 11.3 Å². The molecule has 1 N–H and O–H groups in total. The largest absolute Gasteiger partial charge is 0.496 e. The molecule has 2 heterocycles. The number of carbonyl (C=O) groups is 2. The van der Waals surface area contributed by atoms with Gasteiger partial charge < -0.3 is 19.9 Å². The predicted molar refractivity (Wildman–Crippen MR) is 109 cm³/mol. The van der Waals surface area contributed by atoms with Gasteiger partial charge in [-0.3, -0.25) is 14.5 Å². The normalized spacial score (nSPS) is 18.6. The quantitative estimate of drug-likeness (QED) is 0.760. The van der Waals surface area contributed by atoms with Gasteiger partial charge in [0.05, 0.1) is 19.2 Å². The van der Waals surface area contributed by atoms with Crippen LogP contribution in [0.2, 0.25) is 0 Å². The van der Waals surface area contributed by atoms with E-state index in [-0.39, 0.29) is 11.8 Å². The van der Waals surface area contributed by atoms with Gasteiger partial charge in [-0.15, -0.1) is 0 Å². The Balaban J connectivity index is 1.60. The number of benzene rings is 1. The van der Waals surface area contributed by atoms with Crippen molar-refractivity contribution in [2.45, 2.75) is 25.8 Å². The summed E-state index contributed by atoms with van der Waals surface area (Å²) < 4.78 is 5.51. The molecule has 7 heteroatoms. The molecule has 0 spiro atoms. The lowest BCUT2D eigenvalue weighted by molar-refractivity contribution is -0.124. The Hall–Kier alpha value is -2.12. The summed E-state index contributed by atoms with van der Waals surface area (Å²) in [6, 6.07) is 5.72. The maximum absolute atomic E-state index is 12.9. The zero-order valence-corrected chi connectivity index (χ0v) is 17.1. The highest BCUT2D eigenvalue weighted by Gasteiger charge is 2.20. The number of hydrogen-bond donors (Lipinski definition) is 1. The summed E-state index contributed by atoms with van der Waals surface area (Å²) in [5, 5.41) is 2.83. The smallest absolute Gasteiger partial charge is 0.257 e. The number of piperazine rings is 1. The summed E-state index contributed by atoms with van der Waals surface area (Å²) >= 11 is 0. The first-order valence-corrected chi connectivity index (χ1v) is 10.2. The van der Waals surface area contributed by atoms with E-state index in [2.05, 4.69) is 15.1 Å². The molecule has 0 unspecified atom stereocenters. The average Bonchev–Trinajstić information content (AvgIpc) is 2.72. The van der Waals surface area contributed by atoms with Crippen LogP contribution in [0.15, 0.2) is 18.2 Å². The fourth-order valence-corrected chi connectivity index (χ4v) is 3.88. The van der Waals surface area contributed by atoms with E-state index in [0.717, 1.165) is 31.7 Å². The van der Waals surface area contributed by atoms with Gasteiger partial charge in [-0.25, -0.2) is 0 Å². The van der Waals surface area contributed by atoms with Gasteiger partial charge in [-0.2, -0.15) is 0 Å². The molecule has 2 fully saturated rings. The van der Waals surface area contributed by atoms with Gasteiger partial charge in [0.1, 0.15) is 5.75 Å². The number of likely N-dealkylation sites (N-methyl/N-ethyl adjacent to an activating group) is 1. The fourth-order valence-electron chi connectivity index (χ4n) is 3.88. The number of piperidine rings is 1. The van der Waals surface area contributed by atoms with E-state index in [0.29, 0.717) is 37.5 Å². The van der Waals surface area contributed by atoms with Gasteiger partial charge in [0.15, 0.2) is 0 Å². The van der Waals surface area contributed by atoms with Crippen LogP contribution < -0.4 is 10.1 Å². The van der Waals surface area contributed by atoms with Crippen molar-refractivity contribution in [1.82, 2.24) is 20.0 Å². The molecule has 1 aromatic carbocycles. The van der Waals surface area contributed by atoms with E-state index < -0.39 is 0 Å². The lowest BCUT2D eigenvalue weighted by atomic mass is 10.1. The molecule has 154 valence electrons. The molecule has 0 radical (unpaired) electrons. The lowest BCUT2D eigenvalue weighted by Gasteiger charge is -2.29. The van der Waals surface area contributed by atoms with Crippen molar-refractivity contribution in [3.8, 4) is 5.75 Å². The number of ether oxygens (including phenoxy) is 1. The average molecular weight is 389 g/mol. The molecule has 2 aliphatic heterocycles. The van der Waals surface area contributed by atoms with Crippen LogP contribution in [-0.4, -0.2) is 86.5 Å².